The van der Waals surface area contributed by atoms with Crippen molar-refractivity contribution in [3.05, 3.63) is 41.0 Å². The van der Waals surface area contributed by atoms with Crippen LogP contribution in [0.15, 0.2) is 30.3 Å². The van der Waals surface area contributed by atoms with E-state index in [-0.39, 0.29) is 29.7 Å². The van der Waals surface area contributed by atoms with Crippen molar-refractivity contribution >= 4 is 29.2 Å². The van der Waals surface area contributed by atoms with Gasteiger partial charge >= 0.3 is 0 Å². The van der Waals surface area contributed by atoms with Crippen LogP contribution in [-0.2, 0) is 15.0 Å². The Morgan fingerprint density at radius 1 is 1.09 bits per heavy atom. The third kappa shape index (κ3) is 8.79. The molecule has 2 rings (SSSR count). The fourth-order valence-electron chi connectivity index (χ4n) is 3.70. The summed E-state index contributed by atoms with van der Waals surface area (Å²) in [6, 6.07) is 9.22. The van der Waals surface area contributed by atoms with Crippen LogP contribution >= 0.6 is 11.6 Å². The summed E-state index contributed by atoms with van der Waals surface area (Å²) in [5.41, 5.74) is 1.48. The number of benzene rings is 1. The van der Waals surface area contributed by atoms with Gasteiger partial charge in [0.1, 0.15) is 5.82 Å². The zero-order valence-corrected chi connectivity index (χ0v) is 22.4. The van der Waals surface area contributed by atoms with Crippen molar-refractivity contribution in [2.75, 3.05) is 18.4 Å². The fraction of sp³-hybridized carbons (Fsp3) is 0.593. The Hall–Kier alpha value is -2.34. The van der Waals surface area contributed by atoms with Crippen LogP contribution < -0.4 is 5.32 Å². The first kappa shape index (κ1) is 27.9. The second kappa shape index (κ2) is 12.9. The first-order valence-electron chi connectivity index (χ1n) is 12.4. The summed E-state index contributed by atoms with van der Waals surface area (Å²) in [4.78, 5) is 27.6. The Morgan fingerprint density at radius 3 is 2.32 bits per heavy atom. The molecule has 0 saturated heterocycles. The van der Waals surface area contributed by atoms with Crippen LogP contribution in [0.25, 0.3) is 5.69 Å². The van der Waals surface area contributed by atoms with E-state index in [0.29, 0.717) is 23.8 Å². The molecule has 0 unspecified atom stereocenters. The maximum atomic E-state index is 13.1. The molecule has 188 valence electrons. The molecule has 1 N–H and O–H groups in total. The van der Waals surface area contributed by atoms with Crippen LogP contribution in [0, 0.1) is 5.92 Å². The maximum absolute atomic E-state index is 13.1. The third-order valence-electron chi connectivity index (χ3n) is 5.58. The molecule has 6 nitrogen and oxygen atoms in total. The molecule has 0 aliphatic heterocycles. The minimum Gasteiger partial charge on any atom is -0.333 e. The quantitative estimate of drug-likeness (QED) is 0.342. The second-order valence-electron chi connectivity index (χ2n) is 10.4. The number of hydrogen-bond donors (Lipinski definition) is 1. The zero-order valence-electron chi connectivity index (χ0n) is 21.7. The van der Waals surface area contributed by atoms with Gasteiger partial charge in [-0.25, -0.2) is 4.68 Å². The lowest BCUT2D eigenvalue weighted by atomic mass is 9.92. The van der Waals surface area contributed by atoms with Gasteiger partial charge in [0.2, 0.25) is 11.8 Å². The number of halogens is 1. The molecule has 1 aromatic carbocycles. The lowest BCUT2D eigenvalue weighted by molar-refractivity contribution is -0.135. The molecule has 0 fully saturated rings. The Labute approximate surface area is 210 Å². The normalized spacial score (nSPS) is 11.6. The number of rotatable bonds is 12. The summed E-state index contributed by atoms with van der Waals surface area (Å²) >= 11 is 6.05. The number of anilines is 1. The lowest BCUT2D eigenvalue weighted by Gasteiger charge is -2.24. The Morgan fingerprint density at radius 2 is 1.74 bits per heavy atom. The first-order chi connectivity index (χ1) is 16.0. The van der Waals surface area contributed by atoms with E-state index in [9.17, 15) is 9.59 Å². The average molecular weight is 489 g/mol. The van der Waals surface area contributed by atoms with Gasteiger partial charge in [0.05, 0.1) is 17.9 Å². The molecule has 1 heterocycles. The molecular formula is C27H41ClN4O2. The Bertz CT molecular complexity index is 929. The number of amides is 2. The first-order valence-corrected chi connectivity index (χ1v) is 12.8. The third-order valence-corrected chi connectivity index (χ3v) is 5.84. The summed E-state index contributed by atoms with van der Waals surface area (Å²) in [6.07, 6.45) is 5.94. The van der Waals surface area contributed by atoms with Gasteiger partial charge in [0.25, 0.3) is 0 Å². The summed E-state index contributed by atoms with van der Waals surface area (Å²) in [5.74, 6) is 0.676. The van der Waals surface area contributed by atoms with Crippen molar-refractivity contribution in [2.24, 2.45) is 5.92 Å². The SMILES string of the molecule is CCCCCCCC(=O)N(CC(=O)Nc1cc(C(C)(C)C)nn1-c1ccc(Cl)cc1)CC(C)C. The van der Waals surface area contributed by atoms with E-state index in [2.05, 4.69) is 46.9 Å². The molecule has 0 radical (unpaired) electrons. The number of carbonyl (C=O) groups excluding carboxylic acids is 2. The van der Waals surface area contributed by atoms with Crippen LogP contribution in [0.3, 0.4) is 0 Å². The zero-order chi connectivity index (χ0) is 25.3. The minimum absolute atomic E-state index is 0.0304. The molecule has 0 aliphatic carbocycles. The van der Waals surface area contributed by atoms with Gasteiger partial charge in [0.15, 0.2) is 0 Å². The predicted octanol–water partition coefficient (Wildman–Crippen LogP) is 6.61. The number of nitrogens with one attached hydrogen (secondary N) is 1. The van der Waals surface area contributed by atoms with Crippen molar-refractivity contribution in [1.29, 1.82) is 0 Å². The van der Waals surface area contributed by atoms with Crippen molar-refractivity contribution in [3.8, 4) is 5.69 Å². The van der Waals surface area contributed by atoms with E-state index < -0.39 is 0 Å². The number of nitrogens with zero attached hydrogens (tertiary/aromatic N) is 3. The summed E-state index contributed by atoms with van der Waals surface area (Å²) in [5, 5.41) is 8.37. The summed E-state index contributed by atoms with van der Waals surface area (Å²) in [7, 11) is 0. The molecule has 0 saturated carbocycles. The number of carbonyl (C=O) groups is 2. The fourth-order valence-corrected chi connectivity index (χ4v) is 3.83. The molecular weight excluding hydrogens is 448 g/mol. The molecule has 2 amide bonds. The number of unbranched alkanes of at least 4 members (excludes halogenated alkanes) is 4. The van der Waals surface area contributed by atoms with E-state index in [1.54, 1.807) is 21.7 Å². The van der Waals surface area contributed by atoms with E-state index >= 15 is 0 Å². The Balaban J connectivity index is 2.15. The topological polar surface area (TPSA) is 67.2 Å². The van der Waals surface area contributed by atoms with E-state index in [1.807, 2.05) is 18.2 Å². The van der Waals surface area contributed by atoms with Gasteiger partial charge in [-0.3, -0.25) is 9.59 Å². The van der Waals surface area contributed by atoms with Crippen molar-refractivity contribution in [2.45, 2.75) is 85.5 Å². The van der Waals surface area contributed by atoms with Gasteiger partial charge < -0.3 is 10.2 Å². The van der Waals surface area contributed by atoms with Gasteiger partial charge in [0, 0.05) is 29.5 Å². The molecule has 0 spiro atoms. The standard InChI is InChI=1S/C27H41ClN4O2/c1-7-8-9-10-11-12-26(34)31(18-20(2)3)19-25(33)29-24-17-23(27(4,5)6)30-32(24)22-15-13-21(28)14-16-22/h13-17,20H,7-12,18-19H2,1-6H3,(H,29,33). The molecule has 0 atom stereocenters. The molecule has 0 aliphatic rings. The van der Waals surface area contributed by atoms with E-state index in [1.165, 1.54) is 12.8 Å². The van der Waals surface area contributed by atoms with Crippen LogP contribution in [0.5, 0.6) is 0 Å². The predicted molar refractivity (Wildman–Crippen MR) is 141 cm³/mol. The highest BCUT2D eigenvalue weighted by molar-refractivity contribution is 6.30. The second-order valence-corrected chi connectivity index (χ2v) is 10.9. The number of hydrogen-bond acceptors (Lipinski definition) is 3. The smallest absolute Gasteiger partial charge is 0.245 e. The molecule has 0 bridgehead atoms. The van der Waals surface area contributed by atoms with E-state index in [0.717, 1.165) is 30.6 Å². The van der Waals surface area contributed by atoms with Crippen LogP contribution in [0.1, 0.15) is 85.8 Å². The lowest BCUT2D eigenvalue weighted by Crippen LogP contribution is -2.40. The van der Waals surface area contributed by atoms with Crippen LogP contribution in [0.4, 0.5) is 5.82 Å². The maximum Gasteiger partial charge on any atom is 0.245 e. The summed E-state index contributed by atoms with van der Waals surface area (Å²) < 4.78 is 1.72. The highest BCUT2D eigenvalue weighted by Crippen LogP contribution is 2.27. The molecule has 1 aromatic heterocycles. The van der Waals surface area contributed by atoms with Crippen LogP contribution in [-0.4, -0.2) is 39.6 Å². The molecule has 7 heteroatoms. The molecule has 34 heavy (non-hydrogen) atoms. The number of aromatic nitrogens is 2. The van der Waals surface area contributed by atoms with Crippen molar-refractivity contribution < 1.29 is 9.59 Å². The monoisotopic (exact) mass is 488 g/mol. The molecule has 2 aromatic rings. The van der Waals surface area contributed by atoms with Gasteiger partial charge in [-0.15, -0.1) is 0 Å². The van der Waals surface area contributed by atoms with Crippen molar-refractivity contribution in [3.63, 3.8) is 0 Å². The van der Waals surface area contributed by atoms with Gasteiger partial charge in [-0.05, 0) is 36.6 Å². The van der Waals surface area contributed by atoms with E-state index in [4.69, 9.17) is 16.7 Å². The van der Waals surface area contributed by atoms with Gasteiger partial charge in [-0.1, -0.05) is 78.8 Å². The van der Waals surface area contributed by atoms with Crippen molar-refractivity contribution in [1.82, 2.24) is 14.7 Å². The largest absolute Gasteiger partial charge is 0.333 e. The highest BCUT2D eigenvalue weighted by Gasteiger charge is 2.23. The van der Waals surface area contributed by atoms with Gasteiger partial charge in [-0.2, -0.15) is 5.10 Å². The Kier molecular flexibility index (Phi) is 10.6. The minimum atomic E-state index is -0.226. The average Bonchev–Trinajstić information content (AvgIpc) is 3.17. The van der Waals surface area contributed by atoms with Crippen LogP contribution in [0.2, 0.25) is 5.02 Å². The summed E-state index contributed by atoms with van der Waals surface area (Å²) in [6.45, 7) is 13.1. The highest BCUT2D eigenvalue weighted by atomic mass is 35.5.